The van der Waals surface area contributed by atoms with Gasteiger partial charge in [0.25, 0.3) is 12.0 Å². The predicted molar refractivity (Wildman–Crippen MR) is 138 cm³/mol. The highest BCUT2D eigenvalue weighted by atomic mass is 16.5. The van der Waals surface area contributed by atoms with Gasteiger partial charge < -0.3 is 24.7 Å². The van der Waals surface area contributed by atoms with Crippen molar-refractivity contribution in [1.29, 1.82) is 0 Å². The van der Waals surface area contributed by atoms with Crippen molar-refractivity contribution in [2.24, 2.45) is 0 Å². The number of anilines is 1. The molecule has 194 valence electrons. The first-order valence-corrected chi connectivity index (χ1v) is 12.4. The third kappa shape index (κ3) is 5.75. The molecule has 0 saturated carbocycles. The lowest BCUT2D eigenvalue weighted by Crippen LogP contribution is -2.70. The van der Waals surface area contributed by atoms with Crippen molar-refractivity contribution in [3.63, 3.8) is 0 Å². The van der Waals surface area contributed by atoms with Crippen molar-refractivity contribution in [3.8, 4) is 11.5 Å². The predicted octanol–water partition coefficient (Wildman–Crippen LogP) is 4.41. The fourth-order valence-corrected chi connectivity index (χ4v) is 5.05. The van der Waals surface area contributed by atoms with Crippen molar-refractivity contribution < 1.29 is 28.7 Å². The van der Waals surface area contributed by atoms with Crippen LogP contribution >= 0.6 is 0 Å². The molecule has 1 fully saturated rings. The summed E-state index contributed by atoms with van der Waals surface area (Å²) in [5.74, 6) is 0.505. The molecule has 1 aliphatic heterocycles. The Morgan fingerprint density at radius 1 is 1.08 bits per heavy atom. The van der Waals surface area contributed by atoms with E-state index in [-0.39, 0.29) is 23.0 Å². The number of amides is 2. The lowest BCUT2D eigenvalue weighted by atomic mass is 10.00. The van der Waals surface area contributed by atoms with Gasteiger partial charge in [0.2, 0.25) is 0 Å². The van der Waals surface area contributed by atoms with Crippen LogP contribution in [0, 0.1) is 0 Å². The number of benzene rings is 2. The molecule has 37 heavy (non-hydrogen) atoms. The number of carbonyl (C=O) groups is 2. The van der Waals surface area contributed by atoms with E-state index >= 15 is 0 Å². The van der Waals surface area contributed by atoms with Gasteiger partial charge in [-0.1, -0.05) is 30.3 Å². The van der Waals surface area contributed by atoms with Crippen LogP contribution in [-0.4, -0.2) is 46.2 Å². The first kappa shape index (κ1) is 26.2. The van der Waals surface area contributed by atoms with Crippen LogP contribution in [0.3, 0.4) is 0 Å². The van der Waals surface area contributed by atoms with Crippen molar-refractivity contribution in [2.45, 2.75) is 51.8 Å². The maximum atomic E-state index is 13.2. The summed E-state index contributed by atoms with van der Waals surface area (Å²) in [6, 6.07) is 18.0. The number of hydrogen-bond acceptors (Lipinski definition) is 6. The van der Waals surface area contributed by atoms with E-state index in [1.807, 2.05) is 51.1 Å². The van der Waals surface area contributed by atoms with Crippen LogP contribution in [0.15, 0.2) is 73.1 Å². The number of likely N-dealkylation sites (tertiary alicyclic amines) is 1. The monoisotopic (exact) mass is 503 g/mol. The molecule has 1 aliphatic rings. The van der Waals surface area contributed by atoms with Gasteiger partial charge in [0.05, 0.1) is 29.5 Å². The van der Waals surface area contributed by atoms with Gasteiger partial charge in [0.15, 0.2) is 0 Å². The van der Waals surface area contributed by atoms with E-state index in [1.54, 1.807) is 42.7 Å². The number of carbonyl (C=O) groups excluding carboxylic acids is 2. The summed E-state index contributed by atoms with van der Waals surface area (Å²) in [6.07, 6.45) is 3.61. The number of hydrogen-bond donors (Lipinski definition) is 1. The van der Waals surface area contributed by atoms with Crippen LogP contribution in [-0.2, 0) is 6.61 Å². The zero-order chi connectivity index (χ0) is 26.5. The molecule has 1 N–H and O–H groups in total. The van der Waals surface area contributed by atoms with Crippen molar-refractivity contribution >= 4 is 17.7 Å². The SMILES string of the molecule is CC(C)(C)[N+]1(C(=O)[O-])CCC[C@H]1COc1ccc(OCc2ccccc2)c(C(=O)Nc2cccnc2)c1. The highest BCUT2D eigenvalue weighted by Gasteiger charge is 2.52. The summed E-state index contributed by atoms with van der Waals surface area (Å²) in [7, 11) is 0. The maximum absolute atomic E-state index is 13.2. The molecule has 1 unspecified atom stereocenters. The molecule has 0 spiro atoms. The molecule has 2 heterocycles. The van der Waals surface area contributed by atoms with E-state index in [0.717, 1.165) is 18.4 Å². The van der Waals surface area contributed by atoms with Crippen molar-refractivity contribution in [1.82, 2.24) is 4.98 Å². The molecule has 2 aromatic carbocycles. The first-order chi connectivity index (χ1) is 17.7. The molecule has 2 amide bonds. The van der Waals surface area contributed by atoms with Gasteiger partial charge in [-0.2, -0.15) is 0 Å². The van der Waals surface area contributed by atoms with Gasteiger partial charge in [0, 0.05) is 19.0 Å². The number of nitrogens with one attached hydrogen (secondary N) is 1. The molecule has 0 radical (unpaired) electrons. The molecule has 8 nitrogen and oxygen atoms in total. The summed E-state index contributed by atoms with van der Waals surface area (Å²) >= 11 is 0. The summed E-state index contributed by atoms with van der Waals surface area (Å²) in [4.78, 5) is 29.5. The Hall–Kier alpha value is -3.91. The van der Waals surface area contributed by atoms with E-state index in [1.165, 1.54) is 0 Å². The van der Waals surface area contributed by atoms with Crippen LogP contribution in [0.5, 0.6) is 11.5 Å². The zero-order valence-corrected chi connectivity index (χ0v) is 21.5. The van der Waals surface area contributed by atoms with E-state index in [0.29, 0.717) is 35.9 Å². The van der Waals surface area contributed by atoms with Crippen molar-refractivity contribution in [3.05, 3.63) is 84.2 Å². The molecular formula is C29H33N3O5. The van der Waals surface area contributed by atoms with Gasteiger partial charge in [-0.15, -0.1) is 0 Å². The second-order valence-electron chi connectivity index (χ2n) is 10.3. The largest absolute Gasteiger partial charge is 0.498 e. The van der Waals surface area contributed by atoms with Gasteiger partial charge in [-0.05, 0) is 56.7 Å². The molecule has 1 aromatic heterocycles. The van der Waals surface area contributed by atoms with Crippen molar-refractivity contribution in [2.75, 3.05) is 18.5 Å². The number of rotatable bonds is 8. The highest BCUT2D eigenvalue weighted by Crippen LogP contribution is 2.37. The molecule has 8 heteroatoms. The van der Waals surface area contributed by atoms with E-state index < -0.39 is 11.6 Å². The first-order valence-electron chi connectivity index (χ1n) is 12.4. The smallest absolute Gasteiger partial charge is 0.259 e. The maximum Gasteiger partial charge on any atom is 0.259 e. The minimum atomic E-state index is -1.08. The Morgan fingerprint density at radius 2 is 1.86 bits per heavy atom. The number of aromatic nitrogens is 1. The summed E-state index contributed by atoms with van der Waals surface area (Å²) < 4.78 is 11.9. The van der Waals surface area contributed by atoms with Crippen LogP contribution in [0.2, 0.25) is 0 Å². The second kappa shape index (κ2) is 11.0. The fraction of sp³-hybridized carbons (Fsp3) is 0.345. The molecule has 0 aliphatic carbocycles. The highest BCUT2D eigenvalue weighted by molar-refractivity contribution is 6.06. The Balaban J connectivity index is 1.56. The summed E-state index contributed by atoms with van der Waals surface area (Å²) in [5.41, 5.74) is 1.30. The lowest BCUT2D eigenvalue weighted by Gasteiger charge is -2.49. The number of carboxylic acid groups (broad SMARTS) is 1. The zero-order valence-electron chi connectivity index (χ0n) is 21.5. The lowest BCUT2D eigenvalue weighted by molar-refractivity contribution is -0.930. The minimum absolute atomic E-state index is 0.153. The third-order valence-electron chi connectivity index (χ3n) is 6.99. The summed E-state index contributed by atoms with van der Waals surface area (Å²) in [5, 5.41) is 15.1. The fourth-order valence-electron chi connectivity index (χ4n) is 5.05. The van der Waals surface area contributed by atoms with Crippen LogP contribution in [0.1, 0.15) is 49.5 Å². The van der Waals surface area contributed by atoms with E-state index in [9.17, 15) is 14.7 Å². The number of ether oxygens (including phenoxy) is 2. The molecule has 1 saturated heterocycles. The Bertz CT molecular complexity index is 1230. The quantitative estimate of drug-likeness (QED) is 0.457. The van der Waals surface area contributed by atoms with E-state index in [4.69, 9.17) is 9.47 Å². The van der Waals surface area contributed by atoms with E-state index in [2.05, 4.69) is 10.3 Å². The average molecular weight is 504 g/mol. The van der Waals surface area contributed by atoms with Gasteiger partial charge in [0.1, 0.15) is 30.8 Å². The average Bonchev–Trinajstić information content (AvgIpc) is 3.33. The molecule has 3 aromatic rings. The van der Waals surface area contributed by atoms with Gasteiger partial charge >= 0.3 is 0 Å². The number of quaternary nitrogens is 1. The van der Waals surface area contributed by atoms with Gasteiger partial charge in [-0.25, -0.2) is 0 Å². The van der Waals surface area contributed by atoms with Crippen LogP contribution in [0.4, 0.5) is 10.5 Å². The molecule has 2 atom stereocenters. The number of pyridine rings is 1. The Labute approximate surface area is 217 Å². The topological polar surface area (TPSA) is 101 Å². The van der Waals surface area contributed by atoms with Crippen LogP contribution in [0.25, 0.3) is 0 Å². The second-order valence-corrected chi connectivity index (χ2v) is 10.3. The normalized spacial score (nSPS) is 19.3. The third-order valence-corrected chi connectivity index (χ3v) is 6.99. The molecule has 0 bridgehead atoms. The Morgan fingerprint density at radius 3 is 2.54 bits per heavy atom. The van der Waals surface area contributed by atoms with Gasteiger partial charge in [-0.3, -0.25) is 14.3 Å². The van der Waals surface area contributed by atoms with Crippen LogP contribution < -0.4 is 19.9 Å². The molecule has 4 rings (SSSR count). The Kier molecular flexibility index (Phi) is 7.78. The minimum Gasteiger partial charge on any atom is -0.498 e. The standard InChI is InChI=1S/C29H33N3O5/c1-29(2,3)32(28(34)35)16-8-12-23(32)20-36-24-13-14-26(37-19-21-9-5-4-6-10-21)25(17-24)27(33)31-22-11-7-15-30-18-22/h4-7,9-11,13-15,17-18,23H,8,12,16,19-20H2,1-3H3,(H-,31,33,34,35)/t23-,32?/m0/s1. The number of nitrogens with zero attached hydrogens (tertiary/aromatic N) is 2. The summed E-state index contributed by atoms with van der Waals surface area (Å²) in [6.45, 7) is 6.75. The molecular weight excluding hydrogens is 470 g/mol.